The van der Waals surface area contributed by atoms with Gasteiger partial charge in [-0.1, -0.05) is 42.5 Å². The fraction of sp³-hybridized carbons (Fsp3) is 0.581. The van der Waals surface area contributed by atoms with E-state index in [2.05, 4.69) is 13.2 Å². The van der Waals surface area contributed by atoms with Gasteiger partial charge >= 0.3 is 0 Å². The Bertz CT molecular complexity index is 1110. The lowest BCUT2D eigenvalue weighted by molar-refractivity contribution is -0.156. The van der Waals surface area contributed by atoms with E-state index in [9.17, 15) is 19.5 Å². The molecule has 2 bridgehead atoms. The van der Waals surface area contributed by atoms with Crippen molar-refractivity contribution in [2.75, 3.05) is 26.2 Å². The Morgan fingerprint density at radius 3 is 2.38 bits per heavy atom. The average Bonchev–Trinajstić information content (AvgIpc) is 3.45. The lowest BCUT2D eigenvalue weighted by atomic mass is 9.66. The van der Waals surface area contributed by atoms with Gasteiger partial charge in [0.05, 0.1) is 17.4 Å². The summed E-state index contributed by atoms with van der Waals surface area (Å²) in [5.41, 5.74) is -1.49. The van der Waals surface area contributed by atoms with Crippen LogP contribution < -0.4 is 0 Å². The predicted molar refractivity (Wildman–Crippen MR) is 149 cm³/mol. The average molecular weight is 538 g/mol. The third-order valence-corrected chi connectivity index (χ3v) is 8.60. The topological polar surface area (TPSA) is 90.4 Å². The molecule has 3 heterocycles. The van der Waals surface area contributed by atoms with Crippen LogP contribution >= 0.6 is 0 Å². The molecule has 2 unspecified atom stereocenters. The molecule has 1 N–H and O–H groups in total. The Balaban J connectivity index is 1.76. The largest absolute Gasteiger partial charge is 0.396 e. The predicted octanol–water partition coefficient (Wildman–Crippen LogP) is 3.16. The van der Waals surface area contributed by atoms with Crippen molar-refractivity contribution in [1.29, 1.82) is 0 Å². The second kappa shape index (κ2) is 10.9. The van der Waals surface area contributed by atoms with E-state index < -0.39 is 34.6 Å². The maximum atomic E-state index is 14.3. The number of hydrogen-bond acceptors (Lipinski definition) is 5. The zero-order chi connectivity index (χ0) is 28.6. The highest BCUT2D eigenvalue weighted by Gasteiger charge is 2.78. The number of benzene rings is 1. The summed E-state index contributed by atoms with van der Waals surface area (Å²) in [5, 5.41) is 9.60. The first kappa shape index (κ1) is 29.0. The molecule has 8 nitrogen and oxygen atoms in total. The van der Waals surface area contributed by atoms with Crippen LogP contribution in [0.1, 0.15) is 52.5 Å². The molecule has 1 aromatic rings. The first-order valence-electron chi connectivity index (χ1n) is 13.9. The second-order valence-electron chi connectivity index (χ2n) is 12.2. The monoisotopic (exact) mass is 537 g/mol. The summed E-state index contributed by atoms with van der Waals surface area (Å²) < 4.78 is 6.77. The van der Waals surface area contributed by atoms with Crippen molar-refractivity contribution in [3.8, 4) is 0 Å². The molecule has 0 aliphatic carbocycles. The van der Waals surface area contributed by atoms with Crippen molar-refractivity contribution < 1.29 is 24.2 Å². The van der Waals surface area contributed by atoms with E-state index in [1.54, 1.807) is 26.9 Å². The van der Waals surface area contributed by atoms with Crippen LogP contribution in [0.15, 0.2) is 55.6 Å². The summed E-state index contributed by atoms with van der Waals surface area (Å²) in [4.78, 5) is 47.8. The van der Waals surface area contributed by atoms with Crippen LogP contribution in [0.5, 0.6) is 0 Å². The minimum absolute atomic E-state index is 0.108. The van der Waals surface area contributed by atoms with Crippen molar-refractivity contribution >= 4 is 17.7 Å². The third-order valence-electron chi connectivity index (χ3n) is 8.60. The van der Waals surface area contributed by atoms with E-state index in [-0.39, 0.29) is 30.9 Å². The van der Waals surface area contributed by atoms with Gasteiger partial charge in [0.25, 0.3) is 0 Å². The fourth-order valence-electron chi connectivity index (χ4n) is 6.92. The number of rotatable bonds is 11. The number of aliphatic hydroxyl groups excluding tert-OH is 1. The van der Waals surface area contributed by atoms with Crippen molar-refractivity contribution in [2.24, 2.45) is 11.8 Å². The third kappa shape index (κ3) is 4.93. The number of ether oxygens (including phenoxy) is 1. The number of carbonyl (C=O) groups is 3. The molecule has 3 saturated heterocycles. The number of hydrogen-bond donors (Lipinski definition) is 1. The van der Waals surface area contributed by atoms with Gasteiger partial charge in [0, 0.05) is 38.3 Å². The van der Waals surface area contributed by atoms with E-state index in [0.717, 1.165) is 5.56 Å². The molecule has 5 atom stereocenters. The molecule has 3 amide bonds. The summed E-state index contributed by atoms with van der Waals surface area (Å²) in [6, 6.07) is 8.86. The van der Waals surface area contributed by atoms with E-state index >= 15 is 0 Å². The molecule has 1 aromatic carbocycles. The molecule has 3 aliphatic rings. The molecule has 3 fully saturated rings. The zero-order valence-electron chi connectivity index (χ0n) is 23.8. The van der Waals surface area contributed by atoms with Crippen LogP contribution in [0.2, 0.25) is 0 Å². The molecule has 39 heavy (non-hydrogen) atoms. The standard InChI is InChI=1S/C31H43N3O5/c1-7-17-32(21-22-13-10-9-11-14-22)26(36)23-24-27(37)33(19-12-20-35)25(31(24)16-15-30(23,6)39-31)28(38)34(18-8-2)29(3,4)5/h7-11,13-14,23-25,35H,1-2,12,15-21H2,3-6H3/t23-,24+,25?,30+,31?/m1/s1. The minimum atomic E-state index is -1.10. The molecule has 0 radical (unpaired) electrons. The molecule has 0 saturated carbocycles. The van der Waals surface area contributed by atoms with Crippen LogP contribution in [-0.2, 0) is 25.7 Å². The molecule has 4 rings (SSSR count). The summed E-state index contributed by atoms with van der Waals surface area (Å²) >= 11 is 0. The van der Waals surface area contributed by atoms with Crippen molar-refractivity contribution in [3.05, 3.63) is 61.2 Å². The van der Waals surface area contributed by atoms with Gasteiger partial charge in [0.1, 0.15) is 11.6 Å². The first-order chi connectivity index (χ1) is 18.4. The van der Waals surface area contributed by atoms with E-state index in [0.29, 0.717) is 38.9 Å². The van der Waals surface area contributed by atoms with Gasteiger partial charge in [-0.2, -0.15) is 0 Å². The molecular weight excluding hydrogens is 494 g/mol. The minimum Gasteiger partial charge on any atom is -0.396 e. The fourth-order valence-corrected chi connectivity index (χ4v) is 6.92. The summed E-state index contributed by atoms with van der Waals surface area (Å²) in [5.74, 6) is -2.10. The van der Waals surface area contributed by atoms with Gasteiger partial charge in [-0.15, -0.1) is 13.2 Å². The quantitative estimate of drug-likeness (QED) is 0.438. The Kier molecular flexibility index (Phi) is 8.11. The highest BCUT2D eigenvalue weighted by Crippen LogP contribution is 2.63. The maximum absolute atomic E-state index is 14.3. The van der Waals surface area contributed by atoms with E-state index in [4.69, 9.17) is 4.74 Å². The summed E-state index contributed by atoms with van der Waals surface area (Å²) in [7, 11) is 0. The van der Waals surface area contributed by atoms with E-state index in [1.807, 2.05) is 58.0 Å². The van der Waals surface area contributed by atoms with Gasteiger partial charge < -0.3 is 24.5 Å². The van der Waals surface area contributed by atoms with Gasteiger partial charge in [0.15, 0.2) is 0 Å². The molecule has 1 spiro atoms. The Hall–Kier alpha value is -2.97. The lowest BCUT2D eigenvalue weighted by Crippen LogP contribution is -2.60. The van der Waals surface area contributed by atoms with Gasteiger partial charge in [-0.3, -0.25) is 14.4 Å². The molecular formula is C31H43N3O5. The molecule has 0 aromatic heterocycles. The maximum Gasteiger partial charge on any atom is 0.249 e. The van der Waals surface area contributed by atoms with Crippen molar-refractivity contribution in [1.82, 2.24) is 14.7 Å². The Morgan fingerprint density at radius 1 is 1.13 bits per heavy atom. The van der Waals surface area contributed by atoms with Crippen LogP contribution in [0.3, 0.4) is 0 Å². The van der Waals surface area contributed by atoms with E-state index in [1.165, 1.54) is 0 Å². The second-order valence-corrected chi connectivity index (χ2v) is 12.2. The summed E-state index contributed by atoms with van der Waals surface area (Å²) in [6.07, 6.45) is 4.81. The summed E-state index contributed by atoms with van der Waals surface area (Å²) in [6.45, 7) is 16.6. The van der Waals surface area contributed by atoms with Crippen molar-refractivity contribution in [2.45, 2.75) is 76.3 Å². The highest BCUT2D eigenvalue weighted by atomic mass is 16.5. The number of carbonyl (C=O) groups excluding carboxylic acids is 3. The number of likely N-dealkylation sites (tertiary alicyclic amines) is 1. The number of amides is 3. The number of fused-ring (bicyclic) bond motifs is 1. The van der Waals surface area contributed by atoms with Crippen LogP contribution in [0.25, 0.3) is 0 Å². The molecule has 212 valence electrons. The molecule has 8 heteroatoms. The Morgan fingerprint density at radius 2 is 1.79 bits per heavy atom. The highest BCUT2D eigenvalue weighted by molar-refractivity contribution is 5.99. The zero-order valence-corrected chi connectivity index (χ0v) is 23.8. The van der Waals surface area contributed by atoms with Gasteiger partial charge in [0.2, 0.25) is 17.7 Å². The van der Waals surface area contributed by atoms with Gasteiger partial charge in [-0.25, -0.2) is 0 Å². The first-order valence-corrected chi connectivity index (χ1v) is 13.9. The normalized spacial score (nSPS) is 29.3. The van der Waals surface area contributed by atoms with Gasteiger partial charge in [-0.05, 0) is 52.5 Å². The van der Waals surface area contributed by atoms with Crippen molar-refractivity contribution in [3.63, 3.8) is 0 Å². The SMILES string of the molecule is C=CCN(Cc1ccccc1)C(=O)[C@H]1[C@H]2C(=O)N(CCCO)C(C(=O)N(CC=C)C(C)(C)C)C23CC[C@]1(C)O3. The smallest absolute Gasteiger partial charge is 0.249 e. The number of aliphatic hydroxyl groups is 1. The van der Waals surface area contributed by atoms with Crippen LogP contribution in [-0.4, -0.2) is 86.6 Å². The molecule has 3 aliphatic heterocycles. The van der Waals surface area contributed by atoms with Crippen LogP contribution in [0.4, 0.5) is 0 Å². The number of nitrogens with zero attached hydrogens (tertiary/aromatic N) is 3. The van der Waals surface area contributed by atoms with Crippen LogP contribution in [0, 0.1) is 11.8 Å². The lowest BCUT2D eigenvalue weighted by Gasteiger charge is -2.42. The Labute approximate surface area is 232 Å².